The smallest absolute Gasteiger partial charge is 0.173 e. The first-order valence-electron chi connectivity index (χ1n) is 7.03. The Kier molecular flexibility index (Phi) is 3.42. The van der Waals surface area contributed by atoms with Crippen LogP contribution in [0.25, 0.3) is 0 Å². The summed E-state index contributed by atoms with van der Waals surface area (Å²) in [5.74, 6) is 1.43. The topological polar surface area (TPSA) is 35.5 Å². The van der Waals surface area contributed by atoms with E-state index in [1.54, 1.807) is 32.4 Å². The molecule has 0 unspecified atom stereocenters. The highest BCUT2D eigenvalue weighted by atomic mass is 16.5. The van der Waals surface area contributed by atoms with Crippen molar-refractivity contribution in [3.63, 3.8) is 0 Å². The van der Waals surface area contributed by atoms with Crippen molar-refractivity contribution in [2.45, 2.75) is 18.3 Å². The minimum absolute atomic E-state index is 0.144. The fourth-order valence-electron chi connectivity index (χ4n) is 2.74. The molecule has 0 spiro atoms. The number of Topliss-reactive ketones (excluding diaryl/α,β-unsaturated/α-hetero) is 1. The third-order valence-corrected chi connectivity index (χ3v) is 4.12. The van der Waals surface area contributed by atoms with Gasteiger partial charge in [-0.25, -0.2) is 0 Å². The molecule has 0 bridgehead atoms. The van der Waals surface area contributed by atoms with Crippen molar-refractivity contribution in [3.05, 3.63) is 59.7 Å². The zero-order valence-corrected chi connectivity index (χ0v) is 12.3. The Hall–Kier alpha value is -2.29. The fraction of sp³-hybridized carbons (Fsp3) is 0.278. The minimum atomic E-state index is -0.362. The van der Waals surface area contributed by atoms with E-state index in [9.17, 15) is 4.79 Å². The maximum Gasteiger partial charge on any atom is 0.173 e. The average Bonchev–Trinajstić information content (AvgIpc) is 3.36. The molecule has 3 heteroatoms. The summed E-state index contributed by atoms with van der Waals surface area (Å²) in [6.07, 6.45) is 1.80. The lowest BCUT2D eigenvalue weighted by molar-refractivity contribution is 0.0945. The van der Waals surface area contributed by atoms with Crippen LogP contribution in [0.1, 0.15) is 28.8 Å². The van der Waals surface area contributed by atoms with Crippen molar-refractivity contribution >= 4 is 5.78 Å². The minimum Gasteiger partial charge on any atom is -0.497 e. The van der Waals surface area contributed by atoms with Gasteiger partial charge in [-0.3, -0.25) is 4.79 Å². The molecule has 108 valence electrons. The molecule has 3 nitrogen and oxygen atoms in total. The van der Waals surface area contributed by atoms with Crippen LogP contribution < -0.4 is 9.47 Å². The van der Waals surface area contributed by atoms with Gasteiger partial charge < -0.3 is 9.47 Å². The second-order valence-corrected chi connectivity index (χ2v) is 5.38. The van der Waals surface area contributed by atoms with Gasteiger partial charge >= 0.3 is 0 Å². The van der Waals surface area contributed by atoms with E-state index in [1.165, 1.54) is 0 Å². The lowest BCUT2D eigenvalue weighted by Crippen LogP contribution is -2.20. The maximum atomic E-state index is 13.0. The number of benzene rings is 2. The molecule has 1 fully saturated rings. The van der Waals surface area contributed by atoms with Crippen molar-refractivity contribution in [2.75, 3.05) is 14.2 Å². The SMILES string of the molecule is COc1cc(OC)cc(C(=O)C2(c3ccccc3)CC2)c1. The normalized spacial score (nSPS) is 15.3. The number of carbonyl (C=O) groups is 1. The van der Waals surface area contributed by atoms with Crippen molar-refractivity contribution < 1.29 is 14.3 Å². The number of methoxy groups -OCH3 is 2. The van der Waals surface area contributed by atoms with Gasteiger partial charge in [0.15, 0.2) is 5.78 Å². The molecule has 0 saturated heterocycles. The van der Waals surface area contributed by atoms with Gasteiger partial charge in [0.05, 0.1) is 19.6 Å². The van der Waals surface area contributed by atoms with Gasteiger partial charge in [0, 0.05) is 11.6 Å². The van der Waals surface area contributed by atoms with Gasteiger partial charge in [-0.2, -0.15) is 0 Å². The highest BCUT2D eigenvalue weighted by molar-refractivity contribution is 6.06. The third kappa shape index (κ3) is 2.40. The number of ketones is 1. The summed E-state index contributed by atoms with van der Waals surface area (Å²) in [6.45, 7) is 0. The van der Waals surface area contributed by atoms with Crippen LogP contribution in [0, 0.1) is 0 Å². The highest BCUT2D eigenvalue weighted by Crippen LogP contribution is 2.50. The molecule has 0 aliphatic heterocycles. The van der Waals surface area contributed by atoms with Crippen LogP contribution in [0.15, 0.2) is 48.5 Å². The largest absolute Gasteiger partial charge is 0.497 e. The monoisotopic (exact) mass is 282 g/mol. The van der Waals surface area contributed by atoms with E-state index in [4.69, 9.17) is 9.47 Å². The molecule has 0 N–H and O–H groups in total. The Balaban J connectivity index is 1.99. The Bertz CT molecular complexity index is 635. The lowest BCUT2D eigenvalue weighted by atomic mass is 9.87. The molecule has 0 radical (unpaired) electrons. The number of rotatable bonds is 5. The third-order valence-electron chi connectivity index (χ3n) is 4.12. The quantitative estimate of drug-likeness (QED) is 0.786. The second-order valence-electron chi connectivity index (χ2n) is 5.38. The van der Waals surface area contributed by atoms with E-state index in [-0.39, 0.29) is 11.2 Å². The predicted molar refractivity (Wildman–Crippen MR) is 81.2 cm³/mol. The fourth-order valence-corrected chi connectivity index (χ4v) is 2.74. The number of hydrogen-bond donors (Lipinski definition) is 0. The van der Waals surface area contributed by atoms with Crippen molar-refractivity contribution in [3.8, 4) is 11.5 Å². The molecule has 0 atom stereocenters. The molecule has 2 aromatic rings. The van der Waals surface area contributed by atoms with E-state index in [0.717, 1.165) is 18.4 Å². The Morgan fingerprint density at radius 3 is 2.00 bits per heavy atom. The van der Waals surface area contributed by atoms with E-state index in [1.807, 2.05) is 30.3 Å². The molecule has 1 aliphatic carbocycles. The number of carbonyl (C=O) groups excluding carboxylic acids is 1. The van der Waals surface area contributed by atoms with Crippen LogP contribution in [0.4, 0.5) is 0 Å². The molecular weight excluding hydrogens is 264 g/mol. The first-order valence-corrected chi connectivity index (χ1v) is 7.03. The zero-order chi connectivity index (χ0) is 14.9. The summed E-state index contributed by atoms with van der Waals surface area (Å²) in [4.78, 5) is 13.0. The molecule has 2 aromatic carbocycles. The van der Waals surface area contributed by atoms with Crippen LogP contribution in [0.2, 0.25) is 0 Å². The van der Waals surface area contributed by atoms with E-state index < -0.39 is 0 Å². The van der Waals surface area contributed by atoms with E-state index in [0.29, 0.717) is 17.1 Å². The molecule has 0 heterocycles. The molecule has 21 heavy (non-hydrogen) atoms. The van der Waals surface area contributed by atoms with Gasteiger partial charge in [0.25, 0.3) is 0 Å². The van der Waals surface area contributed by atoms with Crippen LogP contribution in [-0.2, 0) is 5.41 Å². The molecule has 3 rings (SSSR count). The predicted octanol–water partition coefficient (Wildman–Crippen LogP) is 3.62. The van der Waals surface area contributed by atoms with Crippen molar-refractivity contribution in [1.82, 2.24) is 0 Å². The van der Waals surface area contributed by atoms with Gasteiger partial charge in [-0.05, 0) is 30.5 Å². The Morgan fingerprint density at radius 2 is 1.52 bits per heavy atom. The maximum absolute atomic E-state index is 13.0. The summed E-state index contributed by atoms with van der Waals surface area (Å²) >= 11 is 0. The first-order chi connectivity index (χ1) is 10.2. The number of hydrogen-bond acceptors (Lipinski definition) is 3. The molecule has 0 amide bonds. The van der Waals surface area contributed by atoms with Crippen LogP contribution in [-0.4, -0.2) is 20.0 Å². The van der Waals surface area contributed by atoms with Crippen LogP contribution in [0.5, 0.6) is 11.5 Å². The lowest BCUT2D eigenvalue weighted by Gasteiger charge is -2.16. The first kappa shape index (κ1) is 13.7. The standard InChI is InChI=1S/C18H18O3/c1-20-15-10-13(11-16(12-15)21-2)17(19)18(8-9-18)14-6-4-3-5-7-14/h3-7,10-12H,8-9H2,1-2H3. The highest BCUT2D eigenvalue weighted by Gasteiger charge is 2.51. The van der Waals surface area contributed by atoms with Gasteiger partial charge in [-0.1, -0.05) is 30.3 Å². The summed E-state index contributed by atoms with van der Waals surface area (Å²) in [5.41, 5.74) is 1.38. The van der Waals surface area contributed by atoms with Crippen LogP contribution >= 0.6 is 0 Å². The zero-order valence-electron chi connectivity index (χ0n) is 12.3. The Labute approximate surface area is 124 Å². The summed E-state index contributed by atoms with van der Waals surface area (Å²) in [6, 6.07) is 15.3. The average molecular weight is 282 g/mol. The van der Waals surface area contributed by atoms with Crippen molar-refractivity contribution in [2.24, 2.45) is 0 Å². The summed E-state index contributed by atoms with van der Waals surface area (Å²) < 4.78 is 10.5. The molecule has 0 aromatic heterocycles. The number of ether oxygens (including phenoxy) is 2. The van der Waals surface area contributed by atoms with Gasteiger partial charge in [0.1, 0.15) is 11.5 Å². The molecule has 1 saturated carbocycles. The second kappa shape index (κ2) is 5.24. The van der Waals surface area contributed by atoms with Crippen molar-refractivity contribution in [1.29, 1.82) is 0 Å². The van der Waals surface area contributed by atoms with Gasteiger partial charge in [0.2, 0.25) is 0 Å². The van der Waals surface area contributed by atoms with Crippen LogP contribution in [0.3, 0.4) is 0 Å². The van der Waals surface area contributed by atoms with E-state index in [2.05, 4.69) is 0 Å². The Morgan fingerprint density at radius 1 is 0.952 bits per heavy atom. The van der Waals surface area contributed by atoms with E-state index >= 15 is 0 Å². The molecule has 1 aliphatic rings. The molecular formula is C18H18O3. The van der Waals surface area contributed by atoms with Gasteiger partial charge in [-0.15, -0.1) is 0 Å². The summed E-state index contributed by atoms with van der Waals surface area (Å²) in [5, 5.41) is 0. The summed E-state index contributed by atoms with van der Waals surface area (Å²) in [7, 11) is 3.18.